The molecule has 1 heterocycles. The SMILES string of the molecule is Cc1ccc(Oc2cnc(C)c(C)n2)c(C(=O)O)c1. The number of carbonyl (C=O) groups is 1. The summed E-state index contributed by atoms with van der Waals surface area (Å²) in [7, 11) is 0. The molecule has 5 nitrogen and oxygen atoms in total. The van der Waals surface area contributed by atoms with Gasteiger partial charge < -0.3 is 9.84 Å². The van der Waals surface area contributed by atoms with Crippen molar-refractivity contribution < 1.29 is 14.6 Å². The zero-order valence-corrected chi connectivity index (χ0v) is 11.0. The minimum Gasteiger partial charge on any atom is -0.478 e. The van der Waals surface area contributed by atoms with Crippen molar-refractivity contribution >= 4 is 5.97 Å². The summed E-state index contributed by atoms with van der Waals surface area (Å²) >= 11 is 0. The maximum Gasteiger partial charge on any atom is 0.339 e. The van der Waals surface area contributed by atoms with Crippen LogP contribution in [0.25, 0.3) is 0 Å². The van der Waals surface area contributed by atoms with E-state index in [1.165, 1.54) is 6.20 Å². The highest BCUT2D eigenvalue weighted by atomic mass is 16.5. The smallest absolute Gasteiger partial charge is 0.339 e. The molecule has 0 amide bonds. The fourth-order valence-electron chi connectivity index (χ4n) is 1.58. The molecule has 98 valence electrons. The Morgan fingerprint density at radius 1 is 1.21 bits per heavy atom. The molecule has 0 unspecified atom stereocenters. The van der Waals surface area contributed by atoms with Crippen molar-refractivity contribution in [2.75, 3.05) is 0 Å². The summed E-state index contributed by atoms with van der Waals surface area (Å²) < 4.78 is 5.51. The molecular weight excluding hydrogens is 244 g/mol. The molecule has 0 aliphatic carbocycles. The monoisotopic (exact) mass is 258 g/mol. The number of nitrogens with zero attached hydrogens (tertiary/aromatic N) is 2. The molecule has 0 bridgehead atoms. The predicted molar refractivity (Wildman–Crippen MR) is 69.7 cm³/mol. The number of carboxylic acid groups (broad SMARTS) is 1. The molecular formula is C14H14N2O3. The number of hydrogen-bond acceptors (Lipinski definition) is 4. The first kappa shape index (κ1) is 13.0. The van der Waals surface area contributed by atoms with Crippen molar-refractivity contribution in [3.05, 3.63) is 46.9 Å². The Morgan fingerprint density at radius 3 is 2.58 bits per heavy atom. The van der Waals surface area contributed by atoms with Crippen LogP contribution in [0.1, 0.15) is 27.3 Å². The van der Waals surface area contributed by atoms with E-state index in [9.17, 15) is 4.79 Å². The van der Waals surface area contributed by atoms with Crippen LogP contribution in [0.5, 0.6) is 11.6 Å². The number of aromatic carboxylic acids is 1. The molecule has 0 fully saturated rings. The van der Waals surface area contributed by atoms with E-state index in [0.29, 0.717) is 0 Å². The number of aryl methyl sites for hydroxylation is 3. The second-order valence-corrected chi connectivity index (χ2v) is 4.29. The number of aromatic nitrogens is 2. The highest BCUT2D eigenvalue weighted by Crippen LogP contribution is 2.25. The minimum absolute atomic E-state index is 0.111. The van der Waals surface area contributed by atoms with E-state index in [-0.39, 0.29) is 17.2 Å². The maximum absolute atomic E-state index is 11.2. The van der Waals surface area contributed by atoms with Crippen molar-refractivity contribution in [3.8, 4) is 11.6 Å². The zero-order valence-electron chi connectivity index (χ0n) is 11.0. The fraction of sp³-hybridized carbons (Fsp3) is 0.214. The van der Waals surface area contributed by atoms with Gasteiger partial charge in [-0.2, -0.15) is 0 Å². The number of benzene rings is 1. The van der Waals surface area contributed by atoms with Crippen LogP contribution >= 0.6 is 0 Å². The lowest BCUT2D eigenvalue weighted by Gasteiger charge is -2.09. The quantitative estimate of drug-likeness (QED) is 0.916. The standard InChI is InChI=1S/C14H14N2O3/c1-8-4-5-12(11(6-8)14(17)18)19-13-7-15-9(2)10(3)16-13/h4-7H,1-3H3,(H,17,18). The van der Waals surface area contributed by atoms with Crippen LogP contribution in [-0.4, -0.2) is 21.0 Å². The highest BCUT2D eigenvalue weighted by molar-refractivity contribution is 5.91. The lowest BCUT2D eigenvalue weighted by Crippen LogP contribution is -2.02. The van der Waals surface area contributed by atoms with Gasteiger partial charge in [-0.1, -0.05) is 11.6 Å². The molecule has 0 atom stereocenters. The first-order valence-electron chi connectivity index (χ1n) is 5.79. The summed E-state index contributed by atoms with van der Waals surface area (Å²) in [5.74, 6) is -0.486. The molecule has 0 aliphatic rings. The van der Waals surface area contributed by atoms with E-state index < -0.39 is 5.97 Å². The van der Waals surface area contributed by atoms with Gasteiger partial charge in [-0.05, 0) is 32.9 Å². The fourth-order valence-corrected chi connectivity index (χ4v) is 1.58. The topological polar surface area (TPSA) is 72.3 Å². The van der Waals surface area contributed by atoms with Gasteiger partial charge in [0.2, 0.25) is 5.88 Å². The molecule has 0 aliphatic heterocycles. The molecule has 2 rings (SSSR count). The van der Waals surface area contributed by atoms with Crippen molar-refractivity contribution in [2.45, 2.75) is 20.8 Å². The van der Waals surface area contributed by atoms with E-state index in [1.807, 2.05) is 20.8 Å². The minimum atomic E-state index is -1.03. The van der Waals surface area contributed by atoms with E-state index >= 15 is 0 Å². The number of rotatable bonds is 3. The molecule has 0 saturated heterocycles. The predicted octanol–water partition coefficient (Wildman–Crippen LogP) is 2.89. The van der Waals surface area contributed by atoms with E-state index in [2.05, 4.69) is 9.97 Å². The van der Waals surface area contributed by atoms with Crippen LogP contribution in [0.2, 0.25) is 0 Å². The summed E-state index contributed by atoms with van der Waals surface area (Å²) in [4.78, 5) is 19.5. The lowest BCUT2D eigenvalue weighted by atomic mass is 10.1. The van der Waals surface area contributed by atoms with Crippen molar-refractivity contribution in [1.82, 2.24) is 9.97 Å². The molecule has 5 heteroatoms. The van der Waals surface area contributed by atoms with Gasteiger partial charge in [-0.15, -0.1) is 0 Å². The van der Waals surface area contributed by atoms with Gasteiger partial charge in [0.1, 0.15) is 11.3 Å². The van der Waals surface area contributed by atoms with Crippen LogP contribution in [0.4, 0.5) is 0 Å². The van der Waals surface area contributed by atoms with Crippen LogP contribution in [0, 0.1) is 20.8 Å². The summed E-state index contributed by atoms with van der Waals surface area (Å²) in [6.07, 6.45) is 1.48. The molecule has 1 N–H and O–H groups in total. The Bertz CT molecular complexity index is 639. The van der Waals surface area contributed by atoms with E-state index in [1.54, 1.807) is 18.2 Å². The number of hydrogen-bond donors (Lipinski definition) is 1. The summed E-state index contributed by atoms with van der Waals surface area (Å²) in [6.45, 7) is 5.50. The molecule has 1 aromatic heterocycles. The third-order valence-electron chi connectivity index (χ3n) is 2.75. The van der Waals surface area contributed by atoms with E-state index in [0.717, 1.165) is 17.0 Å². The molecule has 1 aromatic carbocycles. The summed E-state index contributed by atoms with van der Waals surface area (Å²) in [5, 5.41) is 9.15. The van der Waals surface area contributed by atoms with Crippen LogP contribution in [-0.2, 0) is 0 Å². The maximum atomic E-state index is 11.2. The van der Waals surface area contributed by atoms with Crippen molar-refractivity contribution in [1.29, 1.82) is 0 Å². The van der Waals surface area contributed by atoms with Gasteiger partial charge in [0, 0.05) is 0 Å². The summed E-state index contributed by atoms with van der Waals surface area (Å²) in [5.41, 5.74) is 2.53. The molecule has 2 aromatic rings. The second-order valence-electron chi connectivity index (χ2n) is 4.29. The van der Waals surface area contributed by atoms with Gasteiger partial charge in [0.25, 0.3) is 0 Å². The Balaban J connectivity index is 2.37. The Morgan fingerprint density at radius 2 is 1.95 bits per heavy atom. The average Bonchev–Trinajstić information content (AvgIpc) is 2.36. The van der Waals surface area contributed by atoms with Crippen LogP contribution < -0.4 is 4.74 Å². The first-order valence-corrected chi connectivity index (χ1v) is 5.79. The normalized spacial score (nSPS) is 10.3. The number of carboxylic acids is 1. The van der Waals surface area contributed by atoms with Crippen molar-refractivity contribution in [3.63, 3.8) is 0 Å². The second kappa shape index (κ2) is 5.06. The molecule has 19 heavy (non-hydrogen) atoms. The zero-order chi connectivity index (χ0) is 14.0. The molecule has 0 spiro atoms. The Labute approximate surface area is 110 Å². The van der Waals surface area contributed by atoms with Gasteiger partial charge in [0.15, 0.2) is 0 Å². The van der Waals surface area contributed by atoms with Gasteiger partial charge in [-0.25, -0.2) is 9.78 Å². The van der Waals surface area contributed by atoms with E-state index in [4.69, 9.17) is 9.84 Å². The molecule has 0 saturated carbocycles. The van der Waals surface area contributed by atoms with Gasteiger partial charge in [-0.3, -0.25) is 4.98 Å². The number of ether oxygens (including phenoxy) is 1. The lowest BCUT2D eigenvalue weighted by molar-refractivity contribution is 0.0694. The highest BCUT2D eigenvalue weighted by Gasteiger charge is 2.13. The van der Waals surface area contributed by atoms with Crippen molar-refractivity contribution in [2.24, 2.45) is 0 Å². The average molecular weight is 258 g/mol. The Kier molecular flexibility index (Phi) is 3.46. The third kappa shape index (κ3) is 2.88. The van der Waals surface area contributed by atoms with Gasteiger partial charge in [0.05, 0.1) is 17.6 Å². The van der Waals surface area contributed by atoms with Crippen LogP contribution in [0.3, 0.4) is 0 Å². The largest absolute Gasteiger partial charge is 0.478 e. The first-order chi connectivity index (χ1) is 8.97. The Hall–Kier alpha value is -2.43. The van der Waals surface area contributed by atoms with Gasteiger partial charge >= 0.3 is 5.97 Å². The third-order valence-corrected chi connectivity index (χ3v) is 2.75. The molecule has 0 radical (unpaired) electrons. The summed E-state index contributed by atoms with van der Waals surface area (Å²) in [6, 6.07) is 4.97. The van der Waals surface area contributed by atoms with Crippen LogP contribution in [0.15, 0.2) is 24.4 Å².